The van der Waals surface area contributed by atoms with Gasteiger partial charge in [-0.3, -0.25) is 4.79 Å². The Hall–Kier alpha value is -1.93. The summed E-state index contributed by atoms with van der Waals surface area (Å²) in [5, 5.41) is 12.6. The van der Waals surface area contributed by atoms with Crippen molar-refractivity contribution in [2.75, 3.05) is 11.1 Å². The Morgan fingerprint density at radius 2 is 2.00 bits per heavy atom. The van der Waals surface area contributed by atoms with Gasteiger partial charge in [-0.05, 0) is 30.4 Å². The SMILES string of the molecule is CCCCCCSc1cnc(C(=O)Nc2ccc(Br)cc2C(=O)O)cn1. The molecule has 0 saturated heterocycles. The fourth-order valence-corrected chi connectivity index (χ4v) is 3.38. The summed E-state index contributed by atoms with van der Waals surface area (Å²) in [6.45, 7) is 2.18. The summed E-state index contributed by atoms with van der Waals surface area (Å²) in [6, 6.07) is 4.62. The summed E-state index contributed by atoms with van der Waals surface area (Å²) in [7, 11) is 0. The minimum absolute atomic E-state index is 0.0000563. The minimum atomic E-state index is -1.12. The van der Waals surface area contributed by atoms with E-state index in [2.05, 4.69) is 38.1 Å². The van der Waals surface area contributed by atoms with E-state index in [1.165, 1.54) is 37.6 Å². The predicted molar refractivity (Wildman–Crippen MR) is 106 cm³/mol. The molecule has 26 heavy (non-hydrogen) atoms. The fourth-order valence-electron chi connectivity index (χ4n) is 2.20. The number of unbranched alkanes of at least 4 members (excludes halogenated alkanes) is 3. The summed E-state index contributed by atoms with van der Waals surface area (Å²) in [5.41, 5.74) is 0.349. The molecule has 6 nitrogen and oxygen atoms in total. The molecule has 2 rings (SSSR count). The van der Waals surface area contributed by atoms with Gasteiger partial charge in [-0.1, -0.05) is 42.1 Å². The molecule has 0 unspecified atom stereocenters. The molecular formula is C18H20BrN3O3S. The van der Waals surface area contributed by atoms with Crippen LogP contribution in [0.4, 0.5) is 5.69 Å². The number of carboxylic acids is 1. The standard InChI is InChI=1S/C18H20BrN3O3S/c1-2-3-4-5-8-26-16-11-20-15(10-21-16)17(23)22-14-7-6-12(19)9-13(14)18(24)25/h6-7,9-11H,2-5,8H2,1H3,(H,22,23)(H,24,25). The molecule has 0 fully saturated rings. The summed E-state index contributed by atoms with van der Waals surface area (Å²) >= 11 is 4.83. The quantitative estimate of drug-likeness (QED) is 0.429. The van der Waals surface area contributed by atoms with Gasteiger partial charge in [-0.25, -0.2) is 14.8 Å². The van der Waals surface area contributed by atoms with Crippen molar-refractivity contribution in [2.24, 2.45) is 0 Å². The number of rotatable bonds is 9. The van der Waals surface area contributed by atoms with E-state index in [0.29, 0.717) is 4.47 Å². The lowest BCUT2D eigenvalue weighted by atomic mass is 10.2. The monoisotopic (exact) mass is 437 g/mol. The summed E-state index contributed by atoms with van der Waals surface area (Å²) in [6.07, 6.45) is 7.75. The number of carbonyl (C=O) groups excluding carboxylic acids is 1. The molecule has 2 aromatic rings. The number of hydrogen-bond acceptors (Lipinski definition) is 5. The van der Waals surface area contributed by atoms with Crippen molar-refractivity contribution >= 4 is 45.3 Å². The molecule has 0 aliphatic heterocycles. The number of thioether (sulfide) groups is 1. The van der Waals surface area contributed by atoms with Crippen molar-refractivity contribution in [1.82, 2.24) is 9.97 Å². The minimum Gasteiger partial charge on any atom is -0.478 e. The smallest absolute Gasteiger partial charge is 0.337 e. The molecular weight excluding hydrogens is 418 g/mol. The molecule has 1 heterocycles. The van der Waals surface area contributed by atoms with Gasteiger partial charge in [0.2, 0.25) is 0 Å². The number of amides is 1. The average Bonchev–Trinajstić information content (AvgIpc) is 2.63. The first-order chi connectivity index (χ1) is 12.5. The number of carboxylic acid groups (broad SMARTS) is 1. The molecule has 1 aromatic carbocycles. The van der Waals surface area contributed by atoms with Gasteiger partial charge in [0.15, 0.2) is 0 Å². The largest absolute Gasteiger partial charge is 0.478 e. The van der Waals surface area contributed by atoms with E-state index in [1.807, 2.05) is 0 Å². The van der Waals surface area contributed by atoms with Crippen molar-refractivity contribution in [3.63, 3.8) is 0 Å². The van der Waals surface area contributed by atoms with Crippen LogP contribution in [-0.4, -0.2) is 32.7 Å². The normalized spacial score (nSPS) is 10.5. The van der Waals surface area contributed by atoms with Gasteiger partial charge in [-0.2, -0.15) is 0 Å². The van der Waals surface area contributed by atoms with Crippen LogP contribution in [0.3, 0.4) is 0 Å². The molecule has 8 heteroatoms. The van der Waals surface area contributed by atoms with Crippen molar-refractivity contribution in [1.29, 1.82) is 0 Å². The van der Waals surface area contributed by atoms with E-state index in [9.17, 15) is 14.7 Å². The van der Waals surface area contributed by atoms with Crippen molar-refractivity contribution < 1.29 is 14.7 Å². The highest BCUT2D eigenvalue weighted by Crippen LogP contribution is 2.22. The molecule has 2 N–H and O–H groups in total. The summed E-state index contributed by atoms with van der Waals surface area (Å²) in [4.78, 5) is 32.0. The Bertz CT molecular complexity index is 769. The van der Waals surface area contributed by atoms with Crippen molar-refractivity contribution in [3.8, 4) is 0 Å². The van der Waals surface area contributed by atoms with E-state index in [-0.39, 0.29) is 16.9 Å². The number of aromatic carboxylic acids is 1. The summed E-state index contributed by atoms with van der Waals surface area (Å²) < 4.78 is 0.619. The fraction of sp³-hybridized carbons (Fsp3) is 0.333. The van der Waals surface area contributed by atoms with Crippen LogP contribution in [0.2, 0.25) is 0 Å². The third-order valence-electron chi connectivity index (χ3n) is 3.57. The first-order valence-electron chi connectivity index (χ1n) is 8.30. The van der Waals surface area contributed by atoms with Crippen LogP contribution >= 0.6 is 27.7 Å². The van der Waals surface area contributed by atoms with Crippen LogP contribution in [0, 0.1) is 0 Å². The number of nitrogens with one attached hydrogen (secondary N) is 1. The van der Waals surface area contributed by atoms with Gasteiger partial charge < -0.3 is 10.4 Å². The Labute approximate surface area is 165 Å². The third kappa shape index (κ3) is 6.10. The molecule has 0 aliphatic carbocycles. The summed E-state index contributed by atoms with van der Waals surface area (Å²) in [5.74, 6) is -0.648. The van der Waals surface area contributed by atoms with Crippen molar-refractivity contribution in [3.05, 3.63) is 46.3 Å². The lowest BCUT2D eigenvalue weighted by Gasteiger charge is -2.08. The Morgan fingerprint density at radius 3 is 2.65 bits per heavy atom. The maximum atomic E-state index is 12.3. The first-order valence-corrected chi connectivity index (χ1v) is 10.1. The Morgan fingerprint density at radius 1 is 1.19 bits per heavy atom. The highest BCUT2D eigenvalue weighted by molar-refractivity contribution is 9.10. The zero-order chi connectivity index (χ0) is 18.9. The van der Waals surface area contributed by atoms with Crippen molar-refractivity contribution in [2.45, 2.75) is 37.6 Å². The van der Waals surface area contributed by atoms with E-state index in [0.717, 1.165) is 17.2 Å². The van der Waals surface area contributed by atoms with E-state index in [4.69, 9.17) is 0 Å². The lowest BCUT2D eigenvalue weighted by Crippen LogP contribution is -2.16. The molecule has 138 valence electrons. The molecule has 0 spiro atoms. The molecule has 1 amide bonds. The van der Waals surface area contributed by atoms with Crippen LogP contribution in [0.25, 0.3) is 0 Å². The van der Waals surface area contributed by atoms with Gasteiger partial charge >= 0.3 is 5.97 Å². The number of anilines is 1. The number of hydrogen-bond donors (Lipinski definition) is 2. The maximum Gasteiger partial charge on any atom is 0.337 e. The lowest BCUT2D eigenvalue weighted by molar-refractivity contribution is 0.0698. The predicted octanol–water partition coefficient (Wildman–Crippen LogP) is 4.86. The second-order valence-electron chi connectivity index (χ2n) is 5.60. The first kappa shape index (κ1) is 20.4. The zero-order valence-corrected chi connectivity index (χ0v) is 16.8. The Balaban J connectivity index is 1.97. The second kappa shape index (κ2) is 10.3. The van der Waals surface area contributed by atoms with Gasteiger partial charge in [0, 0.05) is 4.47 Å². The number of nitrogens with zero attached hydrogens (tertiary/aromatic N) is 2. The number of benzene rings is 1. The van der Waals surface area contributed by atoms with Gasteiger partial charge in [0.1, 0.15) is 10.7 Å². The average molecular weight is 438 g/mol. The van der Waals surface area contributed by atoms with Gasteiger partial charge in [0.25, 0.3) is 5.91 Å². The van der Waals surface area contributed by atoms with Crippen LogP contribution in [0.5, 0.6) is 0 Å². The number of carbonyl (C=O) groups is 2. The Kier molecular flexibility index (Phi) is 8.06. The van der Waals surface area contributed by atoms with E-state index in [1.54, 1.807) is 24.0 Å². The highest BCUT2D eigenvalue weighted by Gasteiger charge is 2.15. The number of halogens is 1. The number of aromatic nitrogens is 2. The zero-order valence-electron chi connectivity index (χ0n) is 14.4. The van der Waals surface area contributed by atoms with Crippen LogP contribution in [-0.2, 0) is 0 Å². The molecule has 0 aliphatic rings. The topological polar surface area (TPSA) is 92.2 Å². The molecule has 0 saturated carbocycles. The highest BCUT2D eigenvalue weighted by atomic mass is 79.9. The van der Waals surface area contributed by atoms with Crippen LogP contribution < -0.4 is 5.32 Å². The molecule has 0 radical (unpaired) electrons. The van der Waals surface area contributed by atoms with E-state index < -0.39 is 11.9 Å². The van der Waals surface area contributed by atoms with Gasteiger partial charge in [-0.15, -0.1) is 11.8 Å². The maximum absolute atomic E-state index is 12.3. The molecule has 1 aromatic heterocycles. The second-order valence-corrected chi connectivity index (χ2v) is 7.63. The van der Waals surface area contributed by atoms with Crippen LogP contribution in [0.15, 0.2) is 40.1 Å². The van der Waals surface area contributed by atoms with E-state index >= 15 is 0 Å². The third-order valence-corrected chi connectivity index (χ3v) is 5.06. The molecule has 0 bridgehead atoms. The van der Waals surface area contributed by atoms with Crippen LogP contribution in [0.1, 0.15) is 53.5 Å². The van der Waals surface area contributed by atoms with Gasteiger partial charge in [0.05, 0.1) is 23.6 Å². The molecule has 0 atom stereocenters.